The maximum atomic E-state index is 11.6. The van der Waals surface area contributed by atoms with Crippen molar-refractivity contribution in [2.45, 2.75) is 33.1 Å². The van der Waals surface area contributed by atoms with Gasteiger partial charge >= 0.3 is 5.97 Å². The highest BCUT2D eigenvalue weighted by Gasteiger charge is 2.24. The van der Waals surface area contributed by atoms with Gasteiger partial charge in [-0.2, -0.15) is 0 Å². The van der Waals surface area contributed by atoms with E-state index in [2.05, 4.69) is 0 Å². The van der Waals surface area contributed by atoms with Gasteiger partial charge in [0.15, 0.2) is 0 Å². The van der Waals surface area contributed by atoms with E-state index in [1.165, 1.54) is 7.11 Å². The highest BCUT2D eigenvalue weighted by molar-refractivity contribution is 5.91. The van der Waals surface area contributed by atoms with Gasteiger partial charge in [-0.25, -0.2) is 4.79 Å². The number of aliphatic hydroxyl groups excluding tert-OH is 1. The first-order valence-electron chi connectivity index (χ1n) is 5.64. The molecule has 0 saturated carbocycles. The Morgan fingerprint density at radius 2 is 1.88 bits per heavy atom. The van der Waals surface area contributed by atoms with Crippen molar-refractivity contribution in [2.75, 3.05) is 13.7 Å². The maximum absolute atomic E-state index is 11.6. The van der Waals surface area contributed by atoms with Crippen LogP contribution in [0.1, 0.15) is 40.9 Å². The highest BCUT2D eigenvalue weighted by Crippen LogP contribution is 2.28. The Morgan fingerprint density at radius 1 is 1.29 bits per heavy atom. The van der Waals surface area contributed by atoms with Gasteiger partial charge in [0.2, 0.25) is 0 Å². The number of carbonyl (C=O) groups is 1. The molecule has 0 unspecified atom stereocenters. The van der Waals surface area contributed by atoms with E-state index < -0.39 is 0 Å². The third-order valence-corrected chi connectivity index (χ3v) is 3.10. The van der Waals surface area contributed by atoms with Crippen LogP contribution in [0, 0.1) is 13.8 Å². The van der Waals surface area contributed by atoms with Crippen LogP contribution in [-0.2, 0) is 10.2 Å². The van der Waals surface area contributed by atoms with E-state index in [4.69, 9.17) is 4.74 Å². The van der Waals surface area contributed by atoms with Gasteiger partial charge in [-0.15, -0.1) is 0 Å². The van der Waals surface area contributed by atoms with E-state index in [1.807, 2.05) is 39.8 Å². The topological polar surface area (TPSA) is 46.5 Å². The minimum absolute atomic E-state index is 0.0392. The van der Waals surface area contributed by atoms with Crippen molar-refractivity contribution in [3.8, 4) is 0 Å². The molecule has 1 aromatic carbocycles. The molecule has 3 nitrogen and oxygen atoms in total. The summed E-state index contributed by atoms with van der Waals surface area (Å²) in [5.74, 6) is -0.336. The molecular formula is C14H20O3. The van der Waals surface area contributed by atoms with Crippen molar-refractivity contribution in [3.05, 3.63) is 34.4 Å². The van der Waals surface area contributed by atoms with Crippen molar-refractivity contribution >= 4 is 5.97 Å². The summed E-state index contributed by atoms with van der Waals surface area (Å²) in [6.45, 7) is 7.81. The second kappa shape index (κ2) is 4.88. The highest BCUT2D eigenvalue weighted by atomic mass is 16.5. The number of aryl methyl sites for hydroxylation is 2. The largest absolute Gasteiger partial charge is 0.465 e. The quantitative estimate of drug-likeness (QED) is 0.819. The standard InChI is InChI=1S/C14H20O3/c1-9-6-10(2)12(14(3,4)8-15)7-11(9)13(16)17-5/h6-7,15H,8H2,1-5H3. The lowest BCUT2D eigenvalue weighted by Gasteiger charge is -2.25. The molecule has 0 spiro atoms. The van der Waals surface area contributed by atoms with Crippen LogP contribution in [0.3, 0.4) is 0 Å². The SMILES string of the molecule is COC(=O)c1cc(C(C)(C)CO)c(C)cc1C. The summed E-state index contributed by atoms with van der Waals surface area (Å²) in [7, 11) is 1.37. The Morgan fingerprint density at radius 3 is 2.35 bits per heavy atom. The average molecular weight is 236 g/mol. The molecule has 17 heavy (non-hydrogen) atoms. The van der Waals surface area contributed by atoms with Crippen LogP contribution in [0.5, 0.6) is 0 Å². The molecule has 0 aliphatic heterocycles. The van der Waals surface area contributed by atoms with Crippen LogP contribution in [0.25, 0.3) is 0 Å². The molecule has 0 atom stereocenters. The van der Waals surface area contributed by atoms with E-state index in [-0.39, 0.29) is 18.0 Å². The van der Waals surface area contributed by atoms with Gasteiger partial charge in [0.25, 0.3) is 0 Å². The molecule has 0 saturated heterocycles. The van der Waals surface area contributed by atoms with E-state index in [1.54, 1.807) is 0 Å². The molecule has 1 N–H and O–H groups in total. The van der Waals surface area contributed by atoms with Crippen LogP contribution in [0.2, 0.25) is 0 Å². The lowest BCUT2D eigenvalue weighted by molar-refractivity contribution is 0.0599. The number of aliphatic hydroxyl groups is 1. The Balaban J connectivity index is 3.39. The molecule has 3 heteroatoms. The number of methoxy groups -OCH3 is 1. The first-order chi connectivity index (χ1) is 7.83. The lowest BCUT2D eigenvalue weighted by atomic mass is 9.81. The summed E-state index contributed by atoms with van der Waals surface area (Å²) < 4.78 is 4.76. The van der Waals surface area contributed by atoms with Gasteiger partial charge in [0.05, 0.1) is 19.3 Å². The first kappa shape index (κ1) is 13.7. The molecule has 1 rings (SSSR count). The Bertz CT molecular complexity index is 433. The van der Waals surface area contributed by atoms with Crippen molar-refractivity contribution in [1.82, 2.24) is 0 Å². The zero-order chi connectivity index (χ0) is 13.2. The van der Waals surface area contributed by atoms with E-state index in [9.17, 15) is 9.90 Å². The van der Waals surface area contributed by atoms with Crippen molar-refractivity contribution in [2.24, 2.45) is 0 Å². The zero-order valence-corrected chi connectivity index (χ0v) is 11.1. The predicted octanol–water partition coefficient (Wildman–Crippen LogP) is 2.36. The van der Waals surface area contributed by atoms with Crippen LogP contribution < -0.4 is 0 Å². The first-order valence-corrected chi connectivity index (χ1v) is 5.64. The van der Waals surface area contributed by atoms with Crippen molar-refractivity contribution < 1.29 is 14.6 Å². The summed E-state index contributed by atoms with van der Waals surface area (Å²) in [5, 5.41) is 9.41. The molecule has 0 heterocycles. The number of hydrogen-bond donors (Lipinski definition) is 1. The third kappa shape index (κ3) is 2.67. The summed E-state index contributed by atoms with van der Waals surface area (Å²) >= 11 is 0. The lowest BCUT2D eigenvalue weighted by Crippen LogP contribution is -2.24. The van der Waals surface area contributed by atoms with Gasteiger partial charge in [0, 0.05) is 5.41 Å². The third-order valence-electron chi connectivity index (χ3n) is 3.10. The molecule has 0 bridgehead atoms. The fourth-order valence-corrected chi connectivity index (χ4v) is 2.00. The van der Waals surface area contributed by atoms with E-state index in [0.717, 1.165) is 16.7 Å². The van der Waals surface area contributed by atoms with Crippen molar-refractivity contribution in [1.29, 1.82) is 0 Å². The summed E-state index contributed by atoms with van der Waals surface area (Å²) in [6.07, 6.45) is 0. The Kier molecular flexibility index (Phi) is 3.94. The second-order valence-corrected chi connectivity index (χ2v) is 5.02. The van der Waals surface area contributed by atoms with Crippen LogP contribution in [0.4, 0.5) is 0 Å². The molecule has 0 amide bonds. The van der Waals surface area contributed by atoms with Crippen LogP contribution >= 0.6 is 0 Å². The van der Waals surface area contributed by atoms with E-state index in [0.29, 0.717) is 5.56 Å². The molecule has 94 valence electrons. The monoisotopic (exact) mass is 236 g/mol. The molecule has 0 aliphatic carbocycles. The maximum Gasteiger partial charge on any atom is 0.338 e. The fraction of sp³-hybridized carbons (Fsp3) is 0.500. The average Bonchev–Trinajstić information content (AvgIpc) is 2.27. The second-order valence-electron chi connectivity index (χ2n) is 5.02. The molecule has 1 aromatic rings. The summed E-state index contributed by atoms with van der Waals surface area (Å²) in [5.41, 5.74) is 3.15. The van der Waals surface area contributed by atoms with Gasteiger partial charge in [0.1, 0.15) is 0 Å². The van der Waals surface area contributed by atoms with Gasteiger partial charge in [-0.3, -0.25) is 0 Å². The number of ether oxygens (including phenoxy) is 1. The summed E-state index contributed by atoms with van der Waals surface area (Å²) in [6, 6.07) is 3.78. The van der Waals surface area contributed by atoms with Gasteiger partial charge in [-0.1, -0.05) is 19.9 Å². The normalized spacial score (nSPS) is 11.4. The van der Waals surface area contributed by atoms with Gasteiger partial charge in [-0.05, 0) is 36.6 Å². The number of carbonyl (C=O) groups excluding carboxylic acids is 1. The smallest absolute Gasteiger partial charge is 0.338 e. The molecular weight excluding hydrogens is 216 g/mol. The molecule has 0 aliphatic rings. The van der Waals surface area contributed by atoms with Gasteiger partial charge < -0.3 is 9.84 Å². The van der Waals surface area contributed by atoms with Crippen LogP contribution in [0.15, 0.2) is 12.1 Å². The Labute approximate surface area is 102 Å². The molecule has 0 aromatic heterocycles. The predicted molar refractivity (Wildman–Crippen MR) is 67.4 cm³/mol. The van der Waals surface area contributed by atoms with E-state index >= 15 is 0 Å². The summed E-state index contributed by atoms with van der Waals surface area (Å²) in [4.78, 5) is 11.6. The van der Waals surface area contributed by atoms with Crippen molar-refractivity contribution in [3.63, 3.8) is 0 Å². The number of esters is 1. The molecule has 0 radical (unpaired) electrons. The zero-order valence-electron chi connectivity index (χ0n) is 11.1. The minimum Gasteiger partial charge on any atom is -0.465 e. The number of hydrogen-bond acceptors (Lipinski definition) is 3. The molecule has 0 fully saturated rings. The Hall–Kier alpha value is -1.35. The minimum atomic E-state index is -0.361. The van der Waals surface area contributed by atoms with Crippen LogP contribution in [-0.4, -0.2) is 24.8 Å². The fourth-order valence-electron chi connectivity index (χ4n) is 2.00. The number of benzene rings is 1. The number of rotatable bonds is 3.